The summed E-state index contributed by atoms with van der Waals surface area (Å²) in [7, 11) is 0. The van der Waals surface area contributed by atoms with E-state index in [-0.39, 0.29) is 5.78 Å². The Kier molecular flexibility index (Phi) is 4.32. The van der Waals surface area contributed by atoms with Crippen LogP contribution in [0.2, 0.25) is 0 Å². The molecule has 0 atom stereocenters. The van der Waals surface area contributed by atoms with Gasteiger partial charge >= 0.3 is 0 Å². The van der Waals surface area contributed by atoms with Crippen molar-refractivity contribution in [2.45, 2.75) is 26.7 Å². The van der Waals surface area contributed by atoms with Gasteiger partial charge in [-0.2, -0.15) is 0 Å². The molecule has 0 saturated carbocycles. The molecule has 0 aliphatic carbocycles. The first-order valence-corrected chi connectivity index (χ1v) is 3.44. The van der Waals surface area contributed by atoms with Gasteiger partial charge in [-0.3, -0.25) is 4.79 Å². The van der Waals surface area contributed by atoms with Crippen molar-refractivity contribution in [3.8, 4) is 12.3 Å². The van der Waals surface area contributed by atoms with Gasteiger partial charge in [-0.25, -0.2) is 0 Å². The monoisotopic (exact) mass is 136 g/mol. The summed E-state index contributed by atoms with van der Waals surface area (Å²) in [5.74, 6) is 1.83. The molecule has 0 fully saturated rings. The zero-order valence-electron chi connectivity index (χ0n) is 6.48. The van der Waals surface area contributed by atoms with E-state index in [4.69, 9.17) is 6.42 Å². The van der Waals surface area contributed by atoms with Crippen molar-refractivity contribution in [1.29, 1.82) is 0 Å². The zero-order valence-corrected chi connectivity index (χ0v) is 6.48. The van der Waals surface area contributed by atoms with E-state index in [9.17, 15) is 4.79 Å². The van der Waals surface area contributed by atoms with Crippen molar-refractivity contribution < 1.29 is 4.79 Å². The number of ketones is 1. The maximum absolute atomic E-state index is 10.6. The molecule has 0 aromatic heterocycles. The van der Waals surface area contributed by atoms with Crippen LogP contribution < -0.4 is 0 Å². The zero-order chi connectivity index (χ0) is 7.98. The van der Waals surface area contributed by atoms with Crippen molar-refractivity contribution in [2.24, 2.45) is 0 Å². The molecule has 54 valence electrons. The van der Waals surface area contributed by atoms with E-state index in [0.29, 0.717) is 0 Å². The summed E-state index contributed by atoms with van der Waals surface area (Å²) in [6, 6.07) is 0. The Hall–Kier alpha value is -1.03. The van der Waals surface area contributed by atoms with Crippen LogP contribution >= 0.6 is 0 Å². The minimum Gasteiger partial charge on any atom is -0.280 e. The van der Waals surface area contributed by atoms with Gasteiger partial charge in [-0.05, 0) is 24.8 Å². The Bertz CT molecular complexity index is 175. The van der Waals surface area contributed by atoms with Gasteiger partial charge < -0.3 is 0 Å². The van der Waals surface area contributed by atoms with Crippen molar-refractivity contribution in [1.82, 2.24) is 0 Å². The largest absolute Gasteiger partial charge is 0.280 e. The summed E-state index contributed by atoms with van der Waals surface area (Å²) in [4.78, 5) is 10.6. The fraction of sp³-hybridized carbons (Fsp3) is 0.444. The number of carbonyl (C=O) groups excluding carboxylic acids is 1. The number of terminal acetylenes is 1. The lowest BCUT2D eigenvalue weighted by atomic mass is 10.1. The maximum Gasteiger partial charge on any atom is 0.228 e. The Morgan fingerprint density at radius 3 is 2.30 bits per heavy atom. The standard InChI is InChI=1S/C9H12O/c1-4-8(5-2)7-9(10)6-3/h3,7H,4-5H2,1-2H3. The molecule has 0 heterocycles. The molecule has 0 spiro atoms. The van der Waals surface area contributed by atoms with E-state index in [1.165, 1.54) is 0 Å². The molecule has 0 amide bonds. The Morgan fingerprint density at radius 1 is 1.50 bits per heavy atom. The quantitative estimate of drug-likeness (QED) is 0.329. The van der Waals surface area contributed by atoms with Crippen LogP contribution in [0.4, 0.5) is 0 Å². The Morgan fingerprint density at radius 2 is 2.00 bits per heavy atom. The lowest BCUT2D eigenvalue weighted by molar-refractivity contribution is -0.109. The van der Waals surface area contributed by atoms with E-state index in [1.807, 2.05) is 19.8 Å². The van der Waals surface area contributed by atoms with Gasteiger partial charge in [0.2, 0.25) is 5.78 Å². The molecule has 10 heavy (non-hydrogen) atoms. The Labute approximate surface area is 62.1 Å². The third-order valence-electron chi connectivity index (χ3n) is 1.39. The number of hydrogen-bond donors (Lipinski definition) is 0. The highest BCUT2D eigenvalue weighted by Crippen LogP contribution is 2.04. The van der Waals surface area contributed by atoms with Gasteiger partial charge in [0.05, 0.1) is 0 Å². The smallest absolute Gasteiger partial charge is 0.228 e. The van der Waals surface area contributed by atoms with E-state index >= 15 is 0 Å². The number of allylic oxidation sites excluding steroid dienone is 2. The SMILES string of the molecule is C#CC(=O)C=C(CC)CC. The fourth-order valence-corrected chi connectivity index (χ4v) is 0.681. The molecule has 0 aliphatic heterocycles. The van der Waals surface area contributed by atoms with Crippen LogP contribution in [-0.4, -0.2) is 5.78 Å². The lowest BCUT2D eigenvalue weighted by Gasteiger charge is -1.94. The molecule has 0 aromatic rings. The molecule has 1 nitrogen and oxygen atoms in total. The van der Waals surface area contributed by atoms with E-state index in [0.717, 1.165) is 18.4 Å². The van der Waals surface area contributed by atoms with Crippen LogP contribution in [0, 0.1) is 12.3 Å². The van der Waals surface area contributed by atoms with Crippen LogP contribution in [0.15, 0.2) is 11.6 Å². The van der Waals surface area contributed by atoms with E-state index in [2.05, 4.69) is 0 Å². The molecule has 0 radical (unpaired) electrons. The second-order valence-electron chi connectivity index (χ2n) is 2.02. The molecular weight excluding hydrogens is 124 g/mol. The van der Waals surface area contributed by atoms with Crippen molar-refractivity contribution in [3.63, 3.8) is 0 Å². The maximum atomic E-state index is 10.6. The number of carbonyl (C=O) groups is 1. The van der Waals surface area contributed by atoms with Gasteiger partial charge in [-0.15, -0.1) is 6.42 Å². The third-order valence-corrected chi connectivity index (χ3v) is 1.39. The average molecular weight is 136 g/mol. The highest BCUT2D eigenvalue weighted by molar-refractivity contribution is 6.04. The average Bonchev–Trinajstić information content (AvgIpc) is 1.99. The van der Waals surface area contributed by atoms with E-state index in [1.54, 1.807) is 6.08 Å². The first-order chi connectivity index (χ1) is 4.74. The van der Waals surface area contributed by atoms with Gasteiger partial charge in [0.15, 0.2) is 0 Å². The Balaban J connectivity index is 4.13. The van der Waals surface area contributed by atoms with Gasteiger partial charge in [0.1, 0.15) is 0 Å². The predicted octanol–water partition coefficient (Wildman–Crippen LogP) is 1.94. The lowest BCUT2D eigenvalue weighted by Crippen LogP contribution is -1.88. The topological polar surface area (TPSA) is 17.1 Å². The number of rotatable bonds is 3. The van der Waals surface area contributed by atoms with Crippen LogP contribution in [0.3, 0.4) is 0 Å². The van der Waals surface area contributed by atoms with Crippen LogP contribution in [0.1, 0.15) is 26.7 Å². The summed E-state index contributed by atoms with van der Waals surface area (Å²) in [6.45, 7) is 4.03. The second kappa shape index (κ2) is 4.81. The summed E-state index contributed by atoms with van der Waals surface area (Å²) in [5.41, 5.74) is 1.11. The molecule has 0 N–H and O–H groups in total. The highest BCUT2D eigenvalue weighted by Gasteiger charge is 1.93. The molecule has 0 aromatic carbocycles. The molecule has 0 rings (SSSR count). The molecular formula is C9H12O. The second-order valence-corrected chi connectivity index (χ2v) is 2.02. The van der Waals surface area contributed by atoms with Crippen LogP contribution in [0.5, 0.6) is 0 Å². The molecule has 0 bridgehead atoms. The highest BCUT2D eigenvalue weighted by atomic mass is 16.1. The normalized spacial score (nSPS) is 8.10. The molecule has 0 aliphatic rings. The summed E-state index contributed by atoms with van der Waals surface area (Å²) >= 11 is 0. The van der Waals surface area contributed by atoms with Crippen molar-refractivity contribution >= 4 is 5.78 Å². The van der Waals surface area contributed by atoms with Crippen LogP contribution in [0.25, 0.3) is 0 Å². The van der Waals surface area contributed by atoms with Crippen molar-refractivity contribution in [2.75, 3.05) is 0 Å². The van der Waals surface area contributed by atoms with Crippen molar-refractivity contribution in [3.05, 3.63) is 11.6 Å². The predicted molar refractivity (Wildman–Crippen MR) is 42.5 cm³/mol. The van der Waals surface area contributed by atoms with Crippen LogP contribution in [-0.2, 0) is 4.79 Å². The van der Waals surface area contributed by atoms with E-state index < -0.39 is 0 Å². The van der Waals surface area contributed by atoms with Gasteiger partial charge in [0.25, 0.3) is 0 Å². The summed E-state index contributed by atoms with van der Waals surface area (Å²) in [6.07, 6.45) is 8.24. The minimum absolute atomic E-state index is 0.223. The number of hydrogen-bond acceptors (Lipinski definition) is 1. The summed E-state index contributed by atoms with van der Waals surface area (Å²) in [5, 5.41) is 0. The molecule has 0 saturated heterocycles. The first-order valence-electron chi connectivity index (χ1n) is 3.44. The van der Waals surface area contributed by atoms with Gasteiger partial charge in [-0.1, -0.05) is 19.4 Å². The minimum atomic E-state index is -0.223. The van der Waals surface area contributed by atoms with Gasteiger partial charge in [0, 0.05) is 0 Å². The molecule has 0 unspecified atom stereocenters. The fourth-order valence-electron chi connectivity index (χ4n) is 0.681. The third kappa shape index (κ3) is 3.09. The first kappa shape index (κ1) is 8.97. The molecule has 1 heteroatoms. The summed E-state index contributed by atoms with van der Waals surface area (Å²) < 4.78 is 0.